The lowest BCUT2D eigenvalue weighted by molar-refractivity contribution is -0.115. The van der Waals surface area contributed by atoms with Gasteiger partial charge in [-0.25, -0.2) is 9.18 Å². The molecule has 0 aliphatic rings. The van der Waals surface area contributed by atoms with Gasteiger partial charge in [-0.15, -0.1) is 11.8 Å². The summed E-state index contributed by atoms with van der Waals surface area (Å²) in [7, 11) is 0. The number of rotatable bonds is 10. The second-order valence-electron chi connectivity index (χ2n) is 9.02. The average Bonchev–Trinajstić information content (AvgIpc) is 2.98. The monoisotopic (exact) mass is 583 g/mol. The van der Waals surface area contributed by atoms with E-state index in [0.29, 0.717) is 21.8 Å². The zero-order chi connectivity index (χ0) is 30.1. The third-order valence-corrected chi connectivity index (χ3v) is 6.98. The molecule has 8 nitrogen and oxygen atoms in total. The van der Waals surface area contributed by atoms with E-state index < -0.39 is 28.9 Å². The molecular weight excluding hydrogens is 557 g/mol. The number of thioether (sulfide) groups is 1. The molecule has 0 aliphatic carbocycles. The lowest BCUT2D eigenvalue weighted by Gasteiger charge is -2.14. The first-order valence-corrected chi connectivity index (χ1v) is 13.6. The molecule has 4 N–H and O–H groups in total. The van der Waals surface area contributed by atoms with E-state index >= 15 is 0 Å². The number of carbonyl (C=O) groups excluding carboxylic acids is 3. The summed E-state index contributed by atoms with van der Waals surface area (Å²) < 4.78 is 14.4. The maximum atomic E-state index is 14.4. The summed E-state index contributed by atoms with van der Waals surface area (Å²) in [6, 6.07) is 26.9. The molecule has 3 amide bonds. The summed E-state index contributed by atoms with van der Waals surface area (Å²) in [5, 5.41) is 16.6. The first-order chi connectivity index (χ1) is 20.2. The highest BCUT2D eigenvalue weighted by molar-refractivity contribution is 8.00. The third kappa shape index (κ3) is 8.15. The number of aromatic carboxylic acids is 1. The molecule has 1 atom stereocenters. The average molecular weight is 584 g/mol. The van der Waals surface area contributed by atoms with Crippen LogP contribution in [0.1, 0.15) is 33.2 Å². The number of anilines is 2. The van der Waals surface area contributed by atoms with Crippen molar-refractivity contribution < 1.29 is 28.7 Å². The molecule has 0 saturated carbocycles. The predicted octanol–water partition coefficient (Wildman–Crippen LogP) is 6.05. The van der Waals surface area contributed by atoms with E-state index in [-0.39, 0.29) is 22.7 Å². The van der Waals surface area contributed by atoms with Crippen molar-refractivity contribution in [3.8, 4) is 0 Å². The molecule has 1 unspecified atom stereocenters. The third-order valence-electron chi connectivity index (χ3n) is 5.88. The van der Waals surface area contributed by atoms with E-state index in [1.807, 2.05) is 0 Å². The van der Waals surface area contributed by atoms with Crippen LogP contribution in [0.5, 0.6) is 0 Å². The van der Waals surface area contributed by atoms with Crippen LogP contribution in [0.2, 0.25) is 0 Å². The molecule has 10 heteroatoms. The van der Waals surface area contributed by atoms with Crippen molar-refractivity contribution in [3.63, 3.8) is 0 Å². The maximum absolute atomic E-state index is 14.4. The first kappa shape index (κ1) is 29.8. The summed E-state index contributed by atoms with van der Waals surface area (Å²) in [4.78, 5) is 50.7. The summed E-state index contributed by atoms with van der Waals surface area (Å²) in [6.07, 6.45) is 1.26. The van der Waals surface area contributed by atoms with Gasteiger partial charge in [0.25, 0.3) is 11.8 Å². The number of hydrogen-bond acceptors (Lipinski definition) is 5. The van der Waals surface area contributed by atoms with Crippen molar-refractivity contribution in [1.29, 1.82) is 0 Å². The molecule has 0 bridgehead atoms. The summed E-state index contributed by atoms with van der Waals surface area (Å²) in [5.41, 5.74) is 1.09. The van der Waals surface area contributed by atoms with Crippen molar-refractivity contribution in [3.05, 3.63) is 131 Å². The Balaban J connectivity index is 1.48. The van der Waals surface area contributed by atoms with E-state index in [1.165, 1.54) is 48.2 Å². The minimum absolute atomic E-state index is 0.0555. The minimum atomic E-state index is -1.10. The van der Waals surface area contributed by atoms with Gasteiger partial charge in [0.2, 0.25) is 5.91 Å². The Morgan fingerprint density at radius 3 is 2.14 bits per heavy atom. The molecule has 0 heterocycles. The van der Waals surface area contributed by atoms with Crippen LogP contribution >= 0.6 is 11.8 Å². The van der Waals surface area contributed by atoms with Crippen LogP contribution < -0.4 is 16.0 Å². The van der Waals surface area contributed by atoms with Gasteiger partial charge >= 0.3 is 5.97 Å². The van der Waals surface area contributed by atoms with E-state index in [2.05, 4.69) is 16.0 Å². The Bertz CT molecular complexity index is 1660. The Labute approximate surface area is 245 Å². The Morgan fingerprint density at radius 1 is 0.786 bits per heavy atom. The van der Waals surface area contributed by atoms with Crippen LogP contribution in [-0.4, -0.2) is 34.0 Å². The number of halogens is 1. The Kier molecular flexibility index (Phi) is 9.85. The largest absolute Gasteiger partial charge is 0.478 e. The van der Waals surface area contributed by atoms with Gasteiger partial charge in [0, 0.05) is 27.4 Å². The molecule has 0 aromatic heterocycles. The summed E-state index contributed by atoms with van der Waals surface area (Å²) in [6.45, 7) is 1.70. The maximum Gasteiger partial charge on any atom is 0.335 e. The quantitative estimate of drug-likeness (QED) is 0.133. The van der Waals surface area contributed by atoms with E-state index in [9.17, 15) is 23.6 Å². The van der Waals surface area contributed by atoms with Crippen LogP contribution in [0.25, 0.3) is 6.08 Å². The SMILES string of the molecule is CC(Sc1cccc(NC(=O)/C(=C/c2ccccc2F)NC(=O)c2ccccc2)c1)C(=O)Nc1cccc(C(=O)O)c1. The molecule has 212 valence electrons. The van der Waals surface area contributed by atoms with Gasteiger partial charge in [-0.05, 0) is 67.6 Å². The fraction of sp³-hybridized carbons (Fsp3) is 0.0625. The van der Waals surface area contributed by atoms with Gasteiger partial charge < -0.3 is 21.1 Å². The molecule has 0 saturated heterocycles. The zero-order valence-corrected chi connectivity index (χ0v) is 23.2. The number of carboxylic acid groups (broad SMARTS) is 1. The highest BCUT2D eigenvalue weighted by Crippen LogP contribution is 2.27. The topological polar surface area (TPSA) is 125 Å². The van der Waals surface area contributed by atoms with Crippen LogP contribution in [0, 0.1) is 5.82 Å². The molecule has 42 heavy (non-hydrogen) atoms. The van der Waals surface area contributed by atoms with Gasteiger partial charge in [0.1, 0.15) is 11.5 Å². The number of carbonyl (C=O) groups is 4. The normalized spacial score (nSPS) is 11.7. The molecule has 0 fully saturated rings. The van der Waals surface area contributed by atoms with E-state index in [0.717, 1.165) is 0 Å². The fourth-order valence-corrected chi connectivity index (χ4v) is 4.69. The molecule has 4 aromatic carbocycles. The van der Waals surface area contributed by atoms with Crippen molar-refractivity contribution in [2.45, 2.75) is 17.1 Å². The van der Waals surface area contributed by atoms with Crippen molar-refractivity contribution in [2.75, 3.05) is 10.6 Å². The van der Waals surface area contributed by atoms with E-state index in [1.54, 1.807) is 79.7 Å². The van der Waals surface area contributed by atoms with Crippen molar-refractivity contribution in [1.82, 2.24) is 5.32 Å². The van der Waals surface area contributed by atoms with Crippen molar-refractivity contribution in [2.24, 2.45) is 0 Å². The number of nitrogens with one attached hydrogen (secondary N) is 3. The molecular formula is C32H26FN3O5S. The number of hydrogen-bond donors (Lipinski definition) is 4. The van der Waals surface area contributed by atoms with Crippen LogP contribution in [0.15, 0.2) is 114 Å². The fourth-order valence-electron chi connectivity index (χ4n) is 3.77. The number of benzene rings is 4. The molecule has 0 radical (unpaired) electrons. The lowest BCUT2D eigenvalue weighted by Crippen LogP contribution is -2.30. The molecule has 0 aliphatic heterocycles. The highest BCUT2D eigenvalue weighted by atomic mass is 32.2. The van der Waals surface area contributed by atoms with Gasteiger partial charge in [0.15, 0.2) is 0 Å². The zero-order valence-electron chi connectivity index (χ0n) is 22.3. The first-order valence-electron chi connectivity index (χ1n) is 12.7. The minimum Gasteiger partial charge on any atom is -0.478 e. The van der Waals surface area contributed by atoms with Gasteiger partial charge in [-0.2, -0.15) is 0 Å². The standard InChI is InChI=1S/C32H26FN3O5S/c1-20(29(37)34-24-13-7-12-23(17-24)32(40)41)42-26-15-8-14-25(19-26)35-31(39)28(18-22-11-5-6-16-27(22)33)36-30(38)21-9-3-2-4-10-21/h2-20H,1H3,(H,34,37)(H,35,39)(H,36,38)(H,40,41)/b28-18-. The molecule has 4 aromatic rings. The Morgan fingerprint density at radius 2 is 1.43 bits per heavy atom. The molecule has 0 spiro atoms. The summed E-state index contributed by atoms with van der Waals surface area (Å²) in [5.74, 6) is -3.20. The van der Waals surface area contributed by atoms with Gasteiger partial charge in [0.05, 0.1) is 10.8 Å². The van der Waals surface area contributed by atoms with Crippen molar-refractivity contribution >= 4 is 52.9 Å². The Hall–Kier alpha value is -5.22. The lowest BCUT2D eigenvalue weighted by atomic mass is 10.1. The summed E-state index contributed by atoms with van der Waals surface area (Å²) >= 11 is 1.23. The number of carboxylic acids is 1. The highest BCUT2D eigenvalue weighted by Gasteiger charge is 2.18. The smallest absolute Gasteiger partial charge is 0.335 e. The van der Waals surface area contributed by atoms with Gasteiger partial charge in [-0.3, -0.25) is 14.4 Å². The van der Waals surface area contributed by atoms with Crippen LogP contribution in [-0.2, 0) is 9.59 Å². The second kappa shape index (κ2) is 13.9. The molecule has 4 rings (SSSR count). The number of amides is 3. The van der Waals surface area contributed by atoms with Crippen LogP contribution in [0.3, 0.4) is 0 Å². The van der Waals surface area contributed by atoms with Gasteiger partial charge in [-0.1, -0.05) is 48.5 Å². The van der Waals surface area contributed by atoms with E-state index in [4.69, 9.17) is 5.11 Å². The van der Waals surface area contributed by atoms with Crippen LogP contribution in [0.4, 0.5) is 15.8 Å². The second-order valence-corrected chi connectivity index (χ2v) is 10.4. The predicted molar refractivity (Wildman–Crippen MR) is 161 cm³/mol.